The van der Waals surface area contributed by atoms with E-state index in [1.807, 2.05) is 0 Å². The molecule has 1 heterocycles. The number of imidazole rings is 1. The minimum absolute atomic E-state index is 0.0268. The molecule has 1 aromatic rings. The first-order valence-electron chi connectivity index (χ1n) is 4.19. The van der Waals surface area contributed by atoms with Crippen molar-refractivity contribution < 1.29 is 14.7 Å². The van der Waals surface area contributed by atoms with Gasteiger partial charge in [-0.3, -0.25) is 4.90 Å². The maximum absolute atomic E-state index is 11.3. The summed E-state index contributed by atoms with van der Waals surface area (Å²) in [6.45, 7) is 0. The fourth-order valence-corrected chi connectivity index (χ4v) is 1.17. The summed E-state index contributed by atoms with van der Waals surface area (Å²) in [4.78, 5) is 27.2. The third-order valence-corrected chi connectivity index (χ3v) is 1.96. The van der Waals surface area contributed by atoms with E-state index >= 15 is 0 Å². The minimum atomic E-state index is -1.12. The molecule has 0 saturated carbocycles. The number of amides is 2. The molecular weight excluding hydrogens is 200 g/mol. The van der Waals surface area contributed by atoms with E-state index in [1.165, 1.54) is 25.0 Å². The SMILES string of the molecule is CNC(=O)N(C)c1ncn(C)c1C(=O)O. The lowest BCUT2D eigenvalue weighted by Crippen LogP contribution is -2.36. The van der Waals surface area contributed by atoms with Gasteiger partial charge in [-0.2, -0.15) is 0 Å². The summed E-state index contributed by atoms with van der Waals surface area (Å²) in [7, 11) is 4.47. The molecule has 1 rings (SSSR count). The monoisotopic (exact) mass is 212 g/mol. The number of rotatable bonds is 2. The van der Waals surface area contributed by atoms with Crippen LogP contribution in [0.15, 0.2) is 6.33 Å². The first-order chi connectivity index (χ1) is 6.99. The molecule has 7 heteroatoms. The minimum Gasteiger partial charge on any atom is -0.476 e. The van der Waals surface area contributed by atoms with Gasteiger partial charge in [-0.15, -0.1) is 0 Å². The number of nitrogens with zero attached hydrogens (tertiary/aromatic N) is 3. The third-order valence-electron chi connectivity index (χ3n) is 1.96. The molecule has 0 aliphatic heterocycles. The van der Waals surface area contributed by atoms with E-state index in [0.29, 0.717) is 0 Å². The second kappa shape index (κ2) is 3.99. The van der Waals surface area contributed by atoms with E-state index in [1.54, 1.807) is 7.05 Å². The third kappa shape index (κ3) is 1.90. The van der Waals surface area contributed by atoms with Gasteiger partial charge in [0.05, 0.1) is 6.33 Å². The Morgan fingerprint density at radius 3 is 2.67 bits per heavy atom. The molecule has 1 aromatic heterocycles. The molecule has 7 nitrogen and oxygen atoms in total. The van der Waals surface area contributed by atoms with Crippen LogP contribution in [0.25, 0.3) is 0 Å². The Bertz CT molecular complexity index is 399. The van der Waals surface area contributed by atoms with Crippen LogP contribution in [0, 0.1) is 0 Å². The molecule has 2 N–H and O–H groups in total. The van der Waals surface area contributed by atoms with Crippen molar-refractivity contribution in [1.29, 1.82) is 0 Å². The maximum atomic E-state index is 11.3. The summed E-state index contributed by atoms with van der Waals surface area (Å²) in [5, 5.41) is 11.3. The largest absolute Gasteiger partial charge is 0.476 e. The van der Waals surface area contributed by atoms with Crippen LogP contribution in [0.1, 0.15) is 10.5 Å². The van der Waals surface area contributed by atoms with E-state index in [0.717, 1.165) is 4.90 Å². The van der Waals surface area contributed by atoms with E-state index in [-0.39, 0.29) is 11.5 Å². The van der Waals surface area contributed by atoms with Crippen molar-refractivity contribution in [3.63, 3.8) is 0 Å². The van der Waals surface area contributed by atoms with Crippen molar-refractivity contribution in [3.05, 3.63) is 12.0 Å². The van der Waals surface area contributed by atoms with Gasteiger partial charge in [0, 0.05) is 21.1 Å². The molecule has 0 radical (unpaired) electrons. The van der Waals surface area contributed by atoms with Crippen LogP contribution >= 0.6 is 0 Å². The quantitative estimate of drug-likeness (QED) is 0.716. The topological polar surface area (TPSA) is 87.5 Å². The van der Waals surface area contributed by atoms with Crippen molar-refractivity contribution in [1.82, 2.24) is 14.9 Å². The molecule has 0 bridgehead atoms. The average molecular weight is 212 g/mol. The molecule has 0 unspecified atom stereocenters. The van der Waals surface area contributed by atoms with Gasteiger partial charge in [0.1, 0.15) is 0 Å². The predicted octanol–water partition coefficient (Wildman–Crippen LogP) is -0.106. The highest BCUT2D eigenvalue weighted by Gasteiger charge is 2.22. The lowest BCUT2D eigenvalue weighted by Gasteiger charge is -2.14. The molecular formula is C8H12N4O3. The molecule has 2 amide bonds. The molecule has 0 fully saturated rings. The Morgan fingerprint density at radius 2 is 2.20 bits per heavy atom. The van der Waals surface area contributed by atoms with Crippen molar-refractivity contribution in [2.24, 2.45) is 7.05 Å². The summed E-state index contributed by atoms with van der Waals surface area (Å²) in [6.07, 6.45) is 1.35. The highest BCUT2D eigenvalue weighted by molar-refractivity contribution is 5.98. The van der Waals surface area contributed by atoms with Crippen molar-refractivity contribution in [3.8, 4) is 0 Å². The maximum Gasteiger partial charge on any atom is 0.356 e. The number of carbonyl (C=O) groups excluding carboxylic acids is 1. The number of aryl methyl sites for hydroxylation is 1. The smallest absolute Gasteiger partial charge is 0.356 e. The van der Waals surface area contributed by atoms with Crippen LogP contribution in [0.2, 0.25) is 0 Å². The molecule has 0 aliphatic carbocycles. The number of carboxylic acids is 1. The van der Waals surface area contributed by atoms with Crippen LogP contribution < -0.4 is 10.2 Å². The normalized spacial score (nSPS) is 9.80. The average Bonchev–Trinajstić information content (AvgIpc) is 2.57. The second-order valence-electron chi connectivity index (χ2n) is 2.95. The Morgan fingerprint density at radius 1 is 1.60 bits per heavy atom. The first kappa shape index (κ1) is 11.0. The molecule has 82 valence electrons. The summed E-state index contributed by atoms with van der Waals surface area (Å²) in [5.41, 5.74) is -0.0268. The number of aromatic carboxylic acids is 1. The zero-order valence-corrected chi connectivity index (χ0v) is 8.68. The Balaban J connectivity index is 3.14. The van der Waals surface area contributed by atoms with E-state index in [4.69, 9.17) is 5.11 Å². The molecule has 0 spiro atoms. The summed E-state index contributed by atoms with van der Waals surface area (Å²) in [5.74, 6) is -1.01. The predicted molar refractivity (Wildman–Crippen MR) is 53.0 cm³/mol. The number of hydrogen-bond donors (Lipinski definition) is 2. The lowest BCUT2D eigenvalue weighted by molar-refractivity contribution is 0.0687. The summed E-state index contributed by atoms with van der Waals surface area (Å²) < 4.78 is 1.34. The van der Waals surface area contributed by atoms with Crippen LogP contribution in [-0.4, -0.2) is 40.8 Å². The summed E-state index contributed by atoms with van der Waals surface area (Å²) in [6, 6.07) is -0.420. The van der Waals surface area contributed by atoms with Crippen molar-refractivity contribution in [2.75, 3.05) is 19.0 Å². The standard InChI is InChI=1S/C8H12N4O3/c1-9-8(15)12(3)6-5(7(13)14)11(2)4-10-6/h4H,1-3H3,(H,9,15)(H,13,14). The number of hydrogen-bond acceptors (Lipinski definition) is 3. The number of carboxylic acid groups (broad SMARTS) is 1. The van der Waals surface area contributed by atoms with Gasteiger partial charge in [-0.05, 0) is 0 Å². The molecule has 15 heavy (non-hydrogen) atoms. The number of aromatic nitrogens is 2. The van der Waals surface area contributed by atoms with Crippen molar-refractivity contribution >= 4 is 17.8 Å². The van der Waals surface area contributed by atoms with Crippen molar-refractivity contribution in [2.45, 2.75) is 0 Å². The van der Waals surface area contributed by atoms with E-state index in [9.17, 15) is 9.59 Å². The Hall–Kier alpha value is -2.05. The summed E-state index contributed by atoms with van der Waals surface area (Å²) >= 11 is 0. The fraction of sp³-hybridized carbons (Fsp3) is 0.375. The van der Waals surface area contributed by atoms with E-state index in [2.05, 4.69) is 10.3 Å². The second-order valence-corrected chi connectivity index (χ2v) is 2.95. The zero-order chi connectivity index (χ0) is 11.6. The first-order valence-corrected chi connectivity index (χ1v) is 4.19. The molecule has 0 aromatic carbocycles. The van der Waals surface area contributed by atoms with Crippen LogP contribution in [0.5, 0.6) is 0 Å². The lowest BCUT2D eigenvalue weighted by atomic mass is 10.4. The number of urea groups is 1. The number of nitrogens with one attached hydrogen (secondary N) is 1. The van der Waals surface area contributed by atoms with Gasteiger partial charge >= 0.3 is 12.0 Å². The van der Waals surface area contributed by atoms with Gasteiger partial charge in [-0.1, -0.05) is 0 Å². The van der Waals surface area contributed by atoms with Gasteiger partial charge in [-0.25, -0.2) is 14.6 Å². The van der Waals surface area contributed by atoms with Gasteiger partial charge in [0.15, 0.2) is 11.5 Å². The number of carbonyl (C=O) groups is 2. The Kier molecular flexibility index (Phi) is 2.93. The van der Waals surface area contributed by atoms with Crippen LogP contribution in [0.4, 0.5) is 10.6 Å². The zero-order valence-electron chi connectivity index (χ0n) is 8.68. The van der Waals surface area contributed by atoms with Gasteiger partial charge in [0.25, 0.3) is 0 Å². The fourth-order valence-electron chi connectivity index (χ4n) is 1.17. The highest BCUT2D eigenvalue weighted by atomic mass is 16.4. The van der Waals surface area contributed by atoms with E-state index < -0.39 is 12.0 Å². The molecule has 0 atom stereocenters. The van der Waals surface area contributed by atoms with Crippen LogP contribution in [-0.2, 0) is 7.05 Å². The van der Waals surface area contributed by atoms with Gasteiger partial charge in [0.2, 0.25) is 0 Å². The van der Waals surface area contributed by atoms with Crippen LogP contribution in [0.3, 0.4) is 0 Å². The highest BCUT2D eigenvalue weighted by Crippen LogP contribution is 2.16. The van der Waals surface area contributed by atoms with Gasteiger partial charge < -0.3 is 15.0 Å². The Labute approximate surface area is 86.3 Å². The molecule has 0 aliphatic rings. The molecule has 0 saturated heterocycles. The number of anilines is 1.